The molecule has 25 heavy (non-hydrogen) atoms. The third-order valence-electron chi connectivity index (χ3n) is 4.09. The van der Waals surface area contributed by atoms with Gasteiger partial charge in [0.05, 0.1) is 17.8 Å². The third kappa shape index (κ3) is 5.99. The van der Waals surface area contributed by atoms with Crippen LogP contribution in [0.5, 0.6) is 0 Å². The van der Waals surface area contributed by atoms with Gasteiger partial charge in [-0.15, -0.1) is 0 Å². The minimum atomic E-state index is -1.02. The van der Waals surface area contributed by atoms with Crippen LogP contribution >= 0.6 is 11.6 Å². The smallest absolute Gasteiger partial charge is 0.308 e. The van der Waals surface area contributed by atoms with Crippen LogP contribution in [0.25, 0.3) is 0 Å². The van der Waals surface area contributed by atoms with Crippen LogP contribution in [0.3, 0.4) is 0 Å². The molecule has 1 aliphatic heterocycles. The van der Waals surface area contributed by atoms with Crippen molar-refractivity contribution in [3.05, 3.63) is 23.5 Å². The highest BCUT2D eigenvalue weighted by Gasteiger charge is 2.27. The SMILES string of the molecule is CC(=O)N1CCN(C[C@@H](CC(=O)Nc2ccc(Cl)nc2)C(=O)O)CC1. The maximum absolute atomic E-state index is 12.1. The van der Waals surface area contributed by atoms with Crippen LogP contribution in [-0.2, 0) is 14.4 Å². The van der Waals surface area contributed by atoms with Crippen LogP contribution in [0.15, 0.2) is 18.3 Å². The van der Waals surface area contributed by atoms with Gasteiger partial charge >= 0.3 is 5.97 Å². The predicted octanol–water partition coefficient (Wildman–Crippen LogP) is 0.928. The lowest BCUT2D eigenvalue weighted by Gasteiger charge is -2.35. The molecule has 0 aliphatic carbocycles. The van der Waals surface area contributed by atoms with Crippen molar-refractivity contribution < 1.29 is 19.5 Å². The predicted molar refractivity (Wildman–Crippen MR) is 92.3 cm³/mol. The first kappa shape index (κ1) is 19.1. The first-order valence-corrected chi connectivity index (χ1v) is 8.35. The molecule has 1 fully saturated rings. The number of nitrogens with one attached hydrogen (secondary N) is 1. The van der Waals surface area contributed by atoms with E-state index >= 15 is 0 Å². The summed E-state index contributed by atoms with van der Waals surface area (Å²) in [5.41, 5.74) is 0.466. The van der Waals surface area contributed by atoms with Gasteiger partial charge in [-0.25, -0.2) is 4.98 Å². The van der Waals surface area contributed by atoms with Crippen molar-refractivity contribution in [3.8, 4) is 0 Å². The molecule has 2 rings (SSSR count). The number of carboxylic acids is 1. The number of aromatic nitrogens is 1. The maximum atomic E-state index is 12.1. The Morgan fingerprint density at radius 1 is 1.28 bits per heavy atom. The zero-order chi connectivity index (χ0) is 18.4. The number of piperazine rings is 1. The highest BCUT2D eigenvalue weighted by atomic mass is 35.5. The first-order valence-electron chi connectivity index (χ1n) is 7.97. The first-order chi connectivity index (χ1) is 11.8. The number of rotatable bonds is 6. The van der Waals surface area contributed by atoms with Crippen molar-refractivity contribution >= 4 is 35.1 Å². The van der Waals surface area contributed by atoms with E-state index in [1.165, 1.54) is 13.1 Å². The van der Waals surface area contributed by atoms with Crippen molar-refractivity contribution in [3.63, 3.8) is 0 Å². The molecule has 1 saturated heterocycles. The normalized spacial score (nSPS) is 16.3. The second-order valence-corrected chi connectivity index (χ2v) is 6.35. The van der Waals surface area contributed by atoms with Gasteiger partial charge in [0.15, 0.2) is 0 Å². The molecule has 0 bridgehead atoms. The molecule has 0 radical (unpaired) electrons. The zero-order valence-electron chi connectivity index (χ0n) is 13.9. The van der Waals surface area contributed by atoms with Crippen LogP contribution in [0.2, 0.25) is 5.15 Å². The molecule has 0 spiro atoms. The van der Waals surface area contributed by atoms with Crippen LogP contribution in [0.4, 0.5) is 5.69 Å². The lowest BCUT2D eigenvalue weighted by Crippen LogP contribution is -2.50. The van der Waals surface area contributed by atoms with Crippen molar-refractivity contribution in [2.24, 2.45) is 5.92 Å². The fraction of sp³-hybridized carbons (Fsp3) is 0.500. The number of carbonyl (C=O) groups is 3. The quantitative estimate of drug-likeness (QED) is 0.724. The Labute approximate surface area is 150 Å². The molecule has 1 atom stereocenters. The van der Waals surface area contributed by atoms with Gasteiger partial charge in [0, 0.05) is 46.1 Å². The Kier molecular flexibility index (Phi) is 6.72. The summed E-state index contributed by atoms with van der Waals surface area (Å²) in [6.07, 6.45) is 1.28. The Hall–Kier alpha value is -2.19. The minimum Gasteiger partial charge on any atom is -0.481 e. The summed E-state index contributed by atoms with van der Waals surface area (Å²) < 4.78 is 0. The van der Waals surface area contributed by atoms with Crippen molar-refractivity contribution in [2.45, 2.75) is 13.3 Å². The van der Waals surface area contributed by atoms with Crippen LogP contribution < -0.4 is 5.32 Å². The molecule has 1 aromatic rings. The molecule has 8 nitrogen and oxygen atoms in total. The fourth-order valence-corrected chi connectivity index (χ4v) is 2.78. The number of carboxylic acid groups (broad SMARTS) is 1. The lowest BCUT2D eigenvalue weighted by atomic mass is 10.0. The van der Waals surface area contributed by atoms with Crippen molar-refractivity contribution in [1.82, 2.24) is 14.8 Å². The van der Waals surface area contributed by atoms with E-state index in [1.807, 2.05) is 4.90 Å². The number of pyridine rings is 1. The number of aliphatic carboxylic acids is 1. The Bertz CT molecular complexity index is 630. The second-order valence-electron chi connectivity index (χ2n) is 5.96. The van der Waals surface area contributed by atoms with E-state index in [0.29, 0.717) is 37.0 Å². The lowest BCUT2D eigenvalue weighted by molar-refractivity contribution is -0.144. The summed E-state index contributed by atoms with van der Waals surface area (Å²) in [7, 11) is 0. The average Bonchev–Trinajstić information content (AvgIpc) is 2.56. The summed E-state index contributed by atoms with van der Waals surface area (Å²) in [5, 5.41) is 12.3. The maximum Gasteiger partial charge on any atom is 0.308 e. The van der Waals surface area contributed by atoms with Gasteiger partial charge in [-0.1, -0.05) is 11.6 Å². The van der Waals surface area contributed by atoms with Crippen LogP contribution in [-0.4, -0.2) is 70.4 Å². The highest BCUT2D eigenvalue weighted by Crippen LogP contribution is 2.14. The van der Waals surface area contributed by atoms with E-state index in [1.54, 1.807) is 17.0 Å². The van der Waals surface area contributed by atoms with Gasteiger partial charge in [-0.05, 0) is 12.1 Å². The van der Waals surface area contributed by atoms with Gasteiger partial charge in [-0.3, -0.25) is 19.3 Å². The molecular formula is C16H21ClN4O4. The summed E-state index contributed by atoms with van der Waals surface area (Å²) in [6.45, 7) is 4.14. The molecule has 1 aromatic heterocycles. The number of anilines is 1. The fourth-order valence-electron chi connectivity index (χ4n) is 2.67. The monoisotopic (exact) mass is 368 g/mol. The van der Waals surface area contributed by atoms with Crippen molar-refractivity contribution in [1.29, 1.82) is 0 Å². The van der Waals surface area contributed by atoms with E-state index in [2.05, 4.69) is 10.3 Å². The van der Waals surface area contributed by atoms with Gasteiger partial charge in [0.1, 0.15) is 5.15 Å². The van der Waals surface area contributed by atoms with E-state index in [0.717, 1.165) is 0 Å². The Morgan fingerprint density at radius 3 is 2.48 bits per heavy atom. The number of hydrogen-bond donors (Lipinski definition) is 2. The summed E-state index contributed by atoms with van der Waals surface area (Å²) in [4.78, 5) is 42.4. The molecule has 136 valence electrons. The van der Waals surface area contributed by atoms with Gasteiger partial charge in [-0.2, -0.15) is 0 Å². The Morgan fingerprint density at radius 2 is 1.96 bits per heavy atom. The molecule has 0 aromatic carbocycles. The molecule has 2 heterocycles. The number of nitrogens with zero attached hydrogens (tertiary/aromatic N) is 3. The summed E-state index contributed by atoms with van der Waals surface area (Å²) >= 11 is 5.68. The van der Waals surface area contributed by atoms with Gasteiger partial charge < -0.3 is 15.3 Å². The van der Waals surface area contributed by atoms with Crippen LogP contribution in [0, 0.1) is 5.92 Å². The molecule has 2 amide bonds. The number of carbonyl (C=O) groups excluding carboxylic acids is 2. The van der Waals surface area contributed by atoms with E-state index in [-0.39, 0.29) is 24.8 Å². The summed E-state index contributed by atoms with van der Waals surface area (Å²) in [5.74, 6) is -2.20. The molecule has 9 heteroatoms. The molecular weight excluding hydrogens is 348 g/mol. The van der Waals surface area contributed by atoms with E-state index in [9.17, 15) is 19.5 Å². The average molecular weight is 369 g/mol. The minimum absolute atomic E-state index is 0.0189. The standard InChI is InChI=1S/C16H21ClN4O4/c1-11(22)21-6-4-20(5-7-21)10-12(16(24)25)8-15(23)19-13-2-3-14(17)18-9-13/h2-3,9,12H,4-8,10H2,1H3,(H,19,23)(H,24,25)/t12-/m1/s1. The highest BCUT2D eigenvalue weighted by molar-refractivity contribution is 6.29. The van der Waals surface area contributed by atoms with Gasteiger partial charge in [0.2, 0.25) is 11.8 Å². The topological polar surface area (TPSA) is 103 Å². The zero-order valence-corrected chi connectivity index (χ0v) is 14.7. The Balaban J connectivity index is 1.86. The number of amides is 2. The third-order valence-corrected chi connectivity index (χ3v) is 4.31. The van der Waals surface area contributed by atoms with E-state index in [4.69, 9.17) is 11.6 Å². The second kappa shape index (κ2) is 8.77. The number of halogens is 1. The van der Waals surface area contributed by atoms with E-state index < -0.39 is 11.9 Å². The van der Waals surface area contributed by atoms with Gasteiger partial charge in [0.25, 0.3) is 0 Å². The molecule has 1 aliphatic rings. The van der Waals surface area contributed by atoms with Crippen molar-refractivity contribution in [2.75, 3.05) is 38.0 Å². The number of hydrogen-bond acceptors (Lipinski definition) is 5. The summed E-state index contributed by atoms with van der Waals surface area (Å²) in [6, 6.07) is 3.14. The molecule has 2 N–H and O–H groups in total. The van der Waals surface area contributed by atoms with Crippen LogP contribution in [0.1, 0.15) is 13.3 Å². The molecule has 0 unspecified atom stereocenters. The largest absolute Gasteiger partial charge is 0.481 e. The molecule has 0 saturated carbocycles.